The van der Waals surface area contributed by atoms with Crippen molar-refractivity contribution in [3.05, 3.63) is 0 Å². The molecule has 0 fully saturated rings. The molecule has 0 amide bonds. The summed E-state index contributed by atoms with van der Waals surface area (Å²) in [6.07, 6.45) is 5.47. The Morgan fingerprint density at radius 3 is 1.29 bits per heavy atom. The highest BCUT2D eigenvalue weighted by atomic mass is 16.0. The van der Waals surface area contributed by atoms with Crippen LogP contribution in [-0.4, -0.2) is 36.1 Å². The van der Waals surface area contributed by atoms with Crippen molar-refractivity contribution in [1.82, 2.24) is 0 Å². The first-order chi connectivity index (χ1) is 6.24. The lowest BCUT2D eigenvalue weighted by Gasteiger charge is -2.37. The lowest BCUT2D eigenvalue weighted by Crippen LogP contribution is -2.49. The van der Waals surface area contributed by atoms with E-state index in [4.69, 9.17) is 0 Å². The van der Waals surface area contributed by atoms with Crippen LogP contribution in [0, 0.1) is 0 Å². The van der Waals surface area contributed by atoms with Crippen molar-refractivity contribution in [2.75, 3.05) is 26.2 Å². The van der Waals surface area contributed by atoms with Crippen molar-refractivity contribution in [2.45, 2.75) is 53.4 Å². The first kappa shape index (κ1) is 16.4. The van der Waals surface area contributed by atoms with Crippen molar-refractivity contribution >= 4 is 0 Å². The van der Waals surface area contributed by atoms with Crippen LogP contribution in [0.5, 0.6) is 0 Å². The fourth-order valence-corrected chi connectivity index (χ4v) is 1.95. The zero-order valence-electron chi connectivity index (χ0n) is 10.6. The molecule has 0 aliphatic carbocycles. The molecule has 1 N–H and O–H groups in total. The van der Waals surface area contributed by atoms with Gasteiger partial charge in [0.25, 0.3) is 0 Å². The third kappa shape index (κ3) is 5.61. The van der Waals surface area contributed by atoms with E-state index in [9.17, 15) is 0 Å². The molecule has 0 atom stereocenters. The lowest BCUT2D eigenvalue weighted by molar-refractivity contribution is -0.925. The molecule has 2 nitrogen and oxygen atoms in total. The Labute approximate surface area is 90.2 Å². The number of unbranched alkanes of at least 4 members (excludes halogenated alkanes) is 2. The van der Waals surface area contributed by atoms with Gasteiger partial charge in [0, 0.05) is 0 Å². The molecular formula is C12H29NO. The molecule has 0 rings (SSSR count). The molecule has 0 aliphatic heterocycles. The third-order valence-corrected chi connectivity index (χ3v) is 3.31. The van der Waals surface area contributed by atoms with Gasteiger partial charge in [-0.2, -0.15) is 0 Å². The van der Waals surface area contributed by atoms with Crippen LogP contribution >= 0.6 is 0 Å². The Morgan fingerprint density at radius 2 is 1.07 bits per heavy atom. The summed E-state index contributed by atoms with van der Waals surface area (Å²) >= 11 is 0. The predicted molar refractivity (Wildman–Crippen MR) is 62.8 cm³/mol. The smallest absolute Gasteiger partial charge is 0.0786 e. The van der Waals surface area contributed by atoms with E-state index in [0.717, 1.165) is 0 Å². The zero-order valence-corrected chi connectivity index (χ0v) is 10.6. The van der Waals surface area contributed by atoms with Crippen LogP contribution in [-0.2, 0) is 0 Å². The summed E-state index contributed by atoms with van der Waals surface area (Å²) in [6, 6.07) is 0. The Kier molecular flexibility index (Phi) is 11.1. The second kappa shape index (κ2) is 9.47. The SMILES string of the molecule is CCCC[N+](CC)(CC)CCCC.[OH-]. The zero-order chi connectivity index (χ0) is 10.2. The quantitative estimate of drug-likeness (QED) is 0.557. The van der Waals surface area contributed by atoms with E-state index >= 15 is 0 Å². The van der Waals surface area contributed by atoms with E-state index in [2.05, 4.69) is 27.7 Å². The van der Waals surface area contributed by atoms with Crippen LogP contribution in [0.4, 0.5) is 0 Å². The van der Waals surface area contributed by atoms with Crippen LogP contribution in [0.3, 0.4) is 0 Å². The minimum Gasteiger partial charge on any atom is -0.870 e. The maximum absolute atomic E-state index is 2.34. The van der Waals surface area contributed by atoms with Crippen molar-refractivity contribution in [2.24, 2.45) is 0 Å². The average molecular weight is 203 g/mol. The van der Waals surface area contributed by atoms with E-state index < -0.39 is 0 Å². The topological polar surface area (TPSA) is 30.0 Å². The van der Waals surface area contributed by atoms with Crippen molar-refractivity contribution in [3.63, 3.8) is 0 Å². The monoisotopic (exact) mass is 203 g/mol. The summed E-state index contributed by atoms with van der Waals surface area (Å²) in [5, 5.41) is 0. The van der Waals surface area contributed by atoms with Crippen LogP contribution in [0.15, 0.2) is 0 Å². The summed E-state index contributed by atoms with van der Waals surface area (Å²) in [6.45, 7) is 14.7. The highest BCUT2D eigenvalue weighted by Crippen LogP contribution is 2.11. The van der Waals surface area contributed by atoms with Crippen molar-refractivity contribution in [3.8, 4) is 0 Å². The molecule has 0 aromatic carbocycles. The van der Waals surface area contributed by atoms with Gasteiger partial charge in [-0.3, -0.25) is 0 Å². The second-order valence-electron chi connectivity index (χ2n) is 4.13. The number of quaternary nitrogens is 1. The van der Waals surface area contributed by atoms with Gasteiger partial charge in [0.2, 0.25) is 0 Å². The fourth-order valence-electron chi connectivity index (χ4n) is 1.95. The third-order valence-electron chi connectivity index (χ3n) is 3.31. The molecule has 0 saturated heterocycles. The highest BCUT2D eigenvalue weighted by Gasteiger charge is 2.20. The van der Waals surface area contributed by atoms with Gasteiger partial charge >= 0.3 is 0 Å². The number of rotatable bonds is 8. The Morgan fingerprint density at radius 1 is 0.714 bits per heavy atom. The molecule has 88 valence electrons. The summed E-state index contributed by atoms with van der Waals surface area (Å²) in [5.41, 5.74) is 0. The van der Waals surface area contributed by atoms with E-state index in [0.29, 0.717) is 0 Å². The van der Waals surface area contributed by atoms with Crippen LogP contribution in [0.1, 0.15) is 53.4 Å². The largest absolute Gasteiger partial charge is 0.870 e. The normalized spacial score (nSPS) is 11.1. The maximum atomic E-state index is 2.34. The van der Waals surface area contributed by atoms with Gasteiger partial charge in [0.1, 0.15) is 0 Å². The standard InChI is InChI=1S/C12H28N.H2O/c1-5-9-11-13(7-3,8-4)12-10-6-2;/h5-12H2,1-4H3;1H2/q+1;/p-1. The molecule has 0 unspecified atom stereocenters. The van der Waals surface area contributed by atoms with Crippen molar-refractivity contribution in [1.29, 1.82) is 0 Å². The predicted octanol–water partition coefficient (Wildman–Crippen LogP) is 3.27. The maximum Gasteiger partial charge on any atom is 0.0786 e. The summed E-state index contributed by atoms with van der Waals surface area (Å²) in [7, 11) is 0. The second-order valence-corrected chi connectivity index (χ2v) is 4.13. The van der Waals surface area contributed by atoms with E-state index in [1.54, 1.807) is 0 Å². The molecule has 0 radical (unpaired) electrons. The minimum atomic E-state index is 0. The lowest BCUT2D eigenvalue weighted by atomic mass is 10.2. The van der Waals surface area contributed by atoms with Crippen LogP contribution in [0.25, 0.3) is 0 Å². The summed E-state index contributed by atoms with van der Waals surface area (Å²) < 4.78 is 1.35. The van der Waals surface area contributed by atoms with Crippen LogP contribution < -0.4 is 0 Å². The Bertz CT molecular complexity index is 101. The number of hydrogen-bond acceptors (Lipinski definition) is 1. The Balaban J connectivity index is 0. The highest BCUT2D eigenvalue weighted by molar-refractivity contribution is 4.43. The van der Waals surface area contributed by atoms with Gasteiger partial charge in [-0.25, -0.2) is 0 Å². The fraction of sp³-hybridized carbons (Fsp3) is 1.00. The summed E-state index contributed by atoms with van der Waals surface area (Å²) in [5.74, 6) is 0. The molecule has 0 aromatic heterocycles. The van der Waals surface area contributed by atoms with Crippen molar-refractivity contribution < 1.29 is 9.96 Å². The average Bonchev–Trinajstić information content (AvgIpc) is 2.20. The molecule has 0 aliphatic rings. The molecule has 14 heavy (non-hydrogen) atoms. The van der Waals surface area contributed by atoms with Gasteiger partial charge in [0.05, 0.1) is 26.2 Å². The van der Waals surface area contributed by atoms with E-state index in [1.165, 1.54) is 56.3 Å². The Hall–Kier alpha value is -0.0800. The molecule has 0 spiro atoms. The minimum absolute atomic E-state index is 0. The number of hydrogen-bond donors (Lipinski definition) is 0. The van der Waals surface area contributed by atoms with Gasteiger partial charge in [-0.05, 0) is 26.7 Å². The molecule has 2 heteroatoms. The van der Waals surface area contributed by atoms with Gasteiger partial charge in [0.15, 0.2) is 0 Å². The molecule has 0 saturated carbocycles. The van der Waals surface area contributed by atoms with E-state index in [1.807, 2.05) is 0 Å². The first-order valence-corrected chi connectivity index (χ1v) is 6.09. The van der Waals surface area contributed by atoms with Crippen LogP contribution in [0.2, 0.25) is 0 Å². The molecular weight excluding hydrogens is 174 g/mol. The first-order valence-electron chi connectivity index (χ1n) is 6.09. The van der Waals surface area contributed by atoms with E-state index in [-0.39, 0.29) is 5.48 Å². The van der Waals surface area contributed by atoms with Gasteiger partial charge in [-0.15, -0.1) is 0 Å². The molecule has 0 bridgehead atoms. The van der Waals surface area contributed by atoms with Gasteiger partial charge < -0.3 is 9.96 Å². The molecule has 0 heterocycles. The number of nitrogens with zero attached hydrogens (tertiary/aromatic N) is 1. The molecule has 0 aromatic rings. The summed E-state index contributed by atoms with van der Waals surface area (Å²) in [4.78, 5) is 0. The van der Waals surface area contributed by atoms with Gasteiger partial charge in [-0.1, -0.05) is 26.7 Å².